The first-order valence-corrected chi connectivity index (χ1v) is 7.38. The molecule has 21 heavy (non-hydrogen) atoms. The minimum absolute atomic E-state index is 0.0686. The molecular weight excluding hydrogens is 313 g/mol. The number of thiazole rings is 1. The van der Waals surface area contributed by atoms with Crippen LogP contribution in [0.1, 0.15) is 16.6 Å². The van der Waals surface area contributed by atoms with Crippen molar-refractivity contribution in [1.29, 1.82) is 5.26 Å². The van der Waals surface area contributed by atoms with Crippen molar-refractivity contribution in [2.75, 3.05) is 0 Å². The summed E-state index contributed by atoms with van der Waals surface area (Å²) in [4.78, 5) is 5.57. The van der Waals surface area contributed by atoms with Gasteiger partial charge in [-0.25, -0.2) is 20.2 Å². The molecule has 2 heterocycles. The molecule has 0 aliphatic carbocycles. The summed E-state index contributed by atoms with van der Waals surface area (Å²) in [6.07, 6.45) is 0. The molecule has 5 nitrogen and oxygen atoms in total. The predicted octanol–water partition coefficient (Wildman–Crippen LogP) is 2.46. The molecule has 3 N–H and O–H groups in total. The third-order valence-corrected chi connectivity index (χ3v) is 4.55. The van der Waals surface area contributed by atoms with Crippen molar-refractivity contribution in [2.24, 2.45) is 0 Å². The number of nitrogens with one attached hydrogen (secondary N) is 3. The van der Waals surface area contributed by atoms with Crippen LogP contribution in [0, 0.1) is 24.1 Å². The van der Waals surface area contributed by atoms with E-state index < -0.39 is 11.9 Å². The standard InChI is InChI=1S/C13H11ClFN5S/c1-6-11(12-10(5-16)18-20-19-12)17-13(21-6)7-2-3-9(15)8(14)4-7/h2-4,10,12,18-20H,1H3. The maximum atomic E-state index is 13.2. The molecule has 1 fully saturated rings. The van der Waals surface area contributed by atoms with Crippen LogP contribution >= 0.6 is 22.9 Å². The zero-order valence-corrected chi connectivity index (χ0v) is 12.5. The molecule has 1 aromatic carbocycles. The van der Waals surface area contributed by atoms with Crippen molar-refractivity contribution >= 4 is 22.9 Å². The molecule has 1 aliphatic heterocycles. The molecule has 0 saturated carbocycles. The number of aryl methyl sites for hydroxylation is 1. The van der Waals surface area contributed by atoms with Gasteiger partial charge in [-0.2, -0.15) is 10.8 Å². The molecule has 0 bridgehead atoms. The van der Waals surface area contributed by atoms with Crippen molar-refractivity contribution in [3.63, 3.8) is 0 Å². The second-order valence-electron chi connectivity index (χ2n) is 4.59. The molecular formula is C13H11ClFN5S. The fourth-order valence-electron chi connectivity index (χ4n) is 2.15. The lowest BCUT2D eigenvalue weighted by atomic mass is 10.1. The summed E-state index contributed by atoms with van der Waals surface area (Å²) in [5.74, 6) is -0.454. The Bertz CT molecular complexity index is 726. The zero-order valence-electron chi connectivity index (χ0n) is 10.9. The fourth-order valence-corrected chi connectivity index (χ4v) is 3.28. The number of benzene rings is 1. The summed E-state index contributed by atoms with van der Waals surface area (Å²) >= 11 is 7.29. The highest BCUT2D eigenvalue weighted by molar-refractivity contribution is 7.15. The van der Waals surface area contributed by atoms with Gasteiger partial charge in [-0.3, -0.25) is 0 Å². The zero-order chi connectivity index (χ0) is 15.0. The van der Waals surface area contributed by atoms with Crippen LogP contribution < -0.4 is 16.4 Å². The van der Waals surface area contributed by atoms with Gasteiger partial charge in [0.05, 0.1) is 22.8 Å². The van der Waals surface area contributed by atoms with Gasteiger partial charge in [-0.15, -0.1) is 11.3 Å². The second kappa shape index (κ2) is 5.67. The minimum atomic E-state index is -0.454. The number of hydrogen-bond donors (Lipinski definition) is 3. The minimum Gasteiger partial charge on any atom is -0.239 e. The van der Waals surface area contributed by atoms with Gasteiger partial charge in [0, 0.05) is 10.4 Å². The number of rotatable bonds is 2. The Morgan fingerprint density at radius 2 is 2.24 bits per heavy atom. The van der Waals surface area contributed by atoms with Gasteiger partial charge < -0.3 is 0 Å². The van der Waals surface area contributed by atoms with Gasteiger partial charge >= 0.3 is 0 Å². The quantitative estimate of drug-likeness (QED) is 0.792. The van der Waals surface area contributed by atoms with E-state index in [1.54, 1.807) is 12.1 Å². The van der Waals surface area contributed by atoms with E-state index in [1.807, 2.05) is 6.92 Å². The van der Waals surface area contributed by atoms with E-state index in [-0.39, 0.29) is 11.1 Å². The monoisotopic (exact) mass is 323 g/mol. The average molecular weight is 324 g/mol. The summed E-state index contributed by atoms with van der Waals surface area (Å²) in [6.45, 7) is 1.94. The second-order valence-corrected chi connectivity index (χ2v) is 6.20. The molecule has 1 aliphatic rings. The maximum Gasteiger partial charge on any atom is 0.141 e. The van der Waals surface area contributed by atoms with Gasteiger partial charge in [0.15, 0.2) is 0 Å². The predicted molar refractivity (Wildman–Crippen MR) is 78.8 cm³/mol. The van der Waals surface area contributed by atoms with Crippen LogP contribution in [-0.4, -0.2) is 11.0 Å². The van der Waals surface area contributed by atoms with Gasteiger partial charge in [0.2, 0.25) is 0 Å². The van der Waals surface area contributed by atoms with E-state index in [4.69, 9.17) is 16.9 Å². The van der Waals surface area contributed by atoms with Crippen LogP contribution in [0.5, 0.6) is 0 Å². The highest BCUT2D eigenvalue weighted by Gasteiger charge is 2.31. The lowest BCUT2D eigenvalue weighted by Gasteiger charge is -2.09. The van der Waals surface area contributed by atoms with Crippen molar-refractivity contribution in [3.8, 4) is 16.6 Å². The smallest absolute Gasteiger partial charge is 0.141 e. The van der Waals surface area contributed by atoms with Crippen LogP contribution in [0.4, 0.5) is 4.39 Å². The SMILES string of the molecule is Cc1sc(-c2ccc(F)c(Cl)c2)nc1C1NNNC1C#N. The largest absolute Gasteiger partial charge is 0.239 e. The summed E-state index contributed by atoms with van der Waals surface area (Å²) in [5.41, 5.74) is 10.1. The molecule has 2 atom stereocenters. The number of aromatic nitrogens is 1. The van der Waals surface area contributed by atoms with Crippen LogP contribution in [0.2, 0.25) is 5.02 Å². The Balaban J connectivity index is 1.98. The Morgan fingerprint density at radius 3 is 2.95 bits per heavy atom. The Morgan fingerprint density at radius 1 is 1.43 bits per heavy atom. The molecule has 0 radical (unpaired) electrons. The average Bonchev–Trinajstić information content (AvgIpc) is 3.07. The Labute approximate surface area is 129 Å². The van der Waals surface area contributed by atoms with Crippen molar-refractivity contribution < 1.29 is 4.39 Å². The lowest BCUT2D eigenvalue weighted by Crippen LogP contribution is -2.32. The fraction of sp³-hybridized carbons (Fsp3) is 0.231. The van der Waals surface area contributed by atoms with Gasteiger partial charge in [-0.05, 0) is 25.1 Å². The van der Waals surface area contributed by atoms with Gasteiger partial charge in [-0.1, -0.05) is 11.6 Å². The maximum absolute atomic E-state index is 13.2. The number of hydrogen-bond acceptors (Lipinski definition) is 6. The highest BCUT2D eigenvalue weighted by atomic mass is 35.5. The third-order valence-electron chi connectivity index (χ3n) is 3.22. The van der Waals surface area contributed by atoms with Gasteiger partial charge in [0.1, 0.15) is 16.9 Å². The van der Waals surface area contributed by atoms with Crippen molar-refractivity contribution in [3.05, 3.63) is 39.6 Å². The summed E-state index contributed by atoms with van der Waals surface area (Å²) < 4.78 is 13.2. The van der Waals surface area contributed by atoms with E-state index in [1.165, 1.54) is 17.4 Å². The molecule has 1 aromatic heterocycles. The summed E-state index contributed by atoms with van der Waals surface area (Å²) in [7, 11) is 0. The molecule has 108 valence electrons. The van der Waals surface area contributed by atoms with Crippen LogP contribution in [0.3, 0.4) is 0 Å². The number of nitriles is 1. The first kappa shape index (κ1) is 14.4. The molecule has 1 saturated heterocycles. The molecule has 2 unspecified atom stereocenters. The molecule has 0 amide bonds. The van der Waals surface area contributed by atoms with E-state index in [0.29, 0.717) is 0 Å². The van der Waals surface area contributed by atoms with E-state index in [0.717, 1.165) is 21.1 Å². The van der Waals surface area contributed by atoms with Crippen molar-refractivity contribution in [2.45, 2.75) is 19.0 Å². The van der Waals surface area contributed by atoms with Gasteiger partial charge in [0.25, 0.3) is 0 Å². The number of nitrogens with zero attached hydrogens (tertiary/aromatic N) is 2. The first-order chi connectivity index (χ1) is 10.1. The van der Waals surface area contributed by atoms with Crippen molar-refractivity contribution in [1.82, 2.24) is 21.4 Å². The Kier molecular flexibility index (Phi) is 3.89. The molecule has 2 aromatic rings. The van der Waals surface area contributed by atoms with Crippen LogP contribution in [-0.2, 0) is 0 Å². The van der Waals surface area contributed by atoms with E-state index in [9.17, 15) is 4.39 Å². The lowest BCUT2D eigenvalue weighted by molar-refractivity contribution is 0.549. The normalized spacial score (nSPS) is 21.4. The third kappa shape index (κ3) is 2.64. The summed E-state index contributed by atoms with van der Waals surface area (Å²) in [5, 5.41) is 9.92. The van der Waals surface area contributed by atoms with Crippen LogP contribution in [0.25, 0.3) is 10.6 Å². The number of halogens is 2. The molecule has 3 rings (SSSR count). The molecule has 0 spiro atoms. The van der Waals surface area contributed by atoms with E-state index >= 15 is 0 Å². The van der Waals surface area contributed by atoms with Crippen LogP contribution in [0.15, 0.2) is 18.2 Å². The molecule has 8 heteroatoms. The Hall–Kier alpha value is -1.56. The highest BCUT2D eigenvalue weighted by Crippen LogP contribution is 2.33. The number of hydrazine groups is 2. The topological polar surface area (TPSA) is 72.8 Å². The first-order valence-electron chi connectivity index (χ1n) is 6.18. The van der Waals surface area contributed by atoms with E-state index in [2.05, 4.69) is 27.4 Å². The summed E-state index contributed by atoms with van der Waals surface area (Å²) in [6, 6.07) is 6.04.